The Morgan fingerprint density at radius 2 is 2.05 bits per heavy atom. The zero-order valence-electron chi connectivity index (χ0n) is 12.3. The van der Waals surface area contributed by atoms with Crippen LogP contribution in [0.3, 0.4) is 0 Å². The van der Waals surface area contributed by atoms with Crippen LogP contribution in [0.2, 0.25) is 0 Å². The molecule has 0 aromatic rings. The van der Waals surface area contributed by atoms with Crippen LogP contribution in [0.1, 0.15) is 38.5 Å². The number of amides is 1. The number of carbonyl (C=O) groups is 1. The molecule has 0 aromatic heterocycles. The van der Waals surface area contributed by atoms with Gasteiger partial charge in [0.15, 0.2) is 0 Å². The van der Waals surface area contributed by atoms with Crippen molar-refractivity contribution in [1.29, 1.82) is 0 Å². The summed E-state index contributed by atoms with van der Waals surface area (Å²) in [6.07, 6.45) is 6.95. The number of hydrogen-bond acceptors (Lipinski definition) is 4. The van der Waals surface area contributed by atoms with Crippen molar-refractivity contribution in [2.75, 3.05) is 26.9 Å². The molecule has 1 aliphatic carbocycles. The topological polar surface area (TPSA) is 64.8 Å². The SMILES string of the molecule is COCC(N)C(=O)N(CC1CCCO1)C1CCCC1.Cl. The molecule has 1 saturated heterocycles. The molecule has 0 bridgehead atoms. The van der Waals surface area contributed by atoms with Gasteiger partial charge >= 0.3 is 0 Å². The third-order valence-electron chi connectivity index (χ3n) is 4.14. The summed E-state index contributed by atoms with van der Waals surface area (Å²) >= 11 is 0. The molecule has 118 valence electrons. The van der Waals surface area contributed by atoms with E-state index in [1.165, 1.54) is 12.8 Å². The van der Waals surface area contributed by atoms with Crippen LogP contribution in [0.4, 0.5) is 0 Å². The van der Waals surface area contributed by atoms with Gasteiger partial charge in [0.25, 0.3) is 0 Å². The molecule has 1 heterocycles. The molecule has 2 N–H and O–H groups in total. The highest BCUT2D eigenvalue weighted by molar-refractivity contribution is 5.85. The van der Waals surface area contributed by atoms with Crippen LogP contribution in [0.25, 0.3) is 0 Å². The molecule has 2 atom stereocenters. The van der Waals surface area contributed by atoms with Crippen LogP contribution >= 0.6 is 12.4 Å². The molecule has 0 aromatic carbocycles. The van der Waals surface area contributed by atoms with Gasteiger partial charge in [-0.3, -0.25) is 4.79 Å². The number of nitrogens with zero attached hydrogens (tertiary/aromatic N) is 1. The Labute approximate surface area is 127 Å². The summed E-state index contributed by atoms with van der Waals surface area (Å²) in [4.78, 5) is 14.4. The Balaban J connectivity index is 0.00000200. The molecule has 6 heteroatoms. The Morgan fingerprint density at radius 1 is 1.35 bits per heavy atom. The van der Waals surface area contributed by atoms with Crippen molar-refractivity contribution in [3.63, 3.8) is 0 Å². The van der Waals surface area contributed by atoms with Gasteiger partial charge in [-0.1, -0.05) is 12.8 Å². The highest BCUT2D eigenvalue weighted by atomic mass is 35.5. The van der Waals surface area contributed by atoms with E-state index < -0.39 is 6.04 Å². The minimum atomic E-state index is -0.549. The van der Waals surface area contributed by atoms with Crippen molar-refractivity contribution < 1.29 is 14.3 Å². The minimum Gasteiger partial charge on any atom is -0.383 e. The average molecular weight is 307 g/mol. The average Bonchev–Trinajstić information content (AvgIpc) is 3.08. The first-order valence-electron chi connectivity index (χ1n) is 7.39. The van der Waals surface area contributed by atoms with Crippen LogP contribution in [-0.4, -0.2) is 55.9 Å². The zero-order chi connectivity index (χ0) is 13.7. The molecule has 2 aliphatic rings. The lowest BCUT2D eigenvalue weighted by atomic mass is 10.1. The molecule has 1 saturated carbocycles. The maximum Gasteiger partial charge on any atom is 0.242 e. The third kappa shape index (κ3) is 4.58. The predicted molar refractivity (Wildman–Crippen MR) is 80.0 cm³/mol. The van der Waals surface area contributed by atoms with Gasteiger partial charge in [-0.25, -0.2) is 0 Å². The summed E-state index contributed by atoms with van der Waals surface area (Å²) < 4.78 is 10.7. The molecule has 2 fully saturated rings. The highest BCUT2D eigenvalue weighted by Gasteiger charge is 2.32. The Morgan fingerprint density at radius 3 is 2.60 bits per heavy atom. The fourth-order valence-corrected chi connectivity index (χ4v) is 3.11. The fourth-order valence-electron chi connectivity index (χ4n) is 3.11. The minimum absolute atomic E-state index is 0. The van der Waals surface area contributed by atoms with Crippen LogP contribution in [0.5, 0.6) is 0 Å². The first-order valence-corrected chi connectivity index (χ1v) is 7.39. The zero-order valence-corrected chi connectivity index (χ0v) is 13.1. The number of nitrogens with two attached hydrogens (primary N) is 1. The third-order valence-corrected chi connectivity index (χ3v) is 4.14. The van der Waals surface area contributed by atoms with E-state index >= 15 is 0 Å². The molecule has 20 heavy (non-hydrogen) atoms. The van der Waals surface area contributed by atoms with Crippen molar-refractivity contribution >= 4 is 18.3 Å². The molecule has 2 rings (SSSR count). The highest BCUT2D eigenvalue weighted by Crippen LogP contribution is 2.25. The summed E-state index contributed by atoms with van der Waals surface area (Å²) in [5.41, 5.74) is 5.91. The molecular weight excluding hydrogens is 280 g/mol. The lowest BCUT2D eigenvalue weighted by molar-refractivity contribution is -0.137. The van der Waals surface area contributed by atoms with Gasteiger partial charge in [-0.15, -0.1) is 12.4 Å². The van der Waals surface area contributed by atoms with E-state index in [0.717, 1.165) is 32.3 Å². The van der Waals surface area contributed by atoms with E-state index in [1.54, 1.807) is 7.11 Å². The number of hydrogen-bond donors (Lipinski definition) is 1. The summed E-state index contributed by atoms with van der Waals surface area (Å²) in [7, 11) is 1.58. The first-order chi connectivity index (χ1) is 9.22. The van der Waals surface area contributed by atoms with Gasteiger partial charge in [-0.05, 0) is 25.7 Å². The number of rotatable bonds is 6. The lowest BCUT2D eigenvalue weighted by Gasteiger charge is -2.33. The molecular formula is C14H27ClN2O3. The van der Waals surface area contributed by atoms with Crippen LogP contribution in [0.15, 0.2) is 0 Å². The Hall–Kier alpha value is -0.360. The summed E-state index contributed by atoms with van der Waals surface area (Å²) in [5, 5.41) is 0. The van der Waals surface area contributed by atoms with Crippen LogP contribution in [0, 0.1) is 0 Å². The number of methoxy groups -OCH3 is 1. The van der Waals surface area contributed by atoms with Crippen molar-refractivity contribution in [3.8, 4) is 0 Å². The van der Waals surface area contributed by atoms with Gasteiger partial charge in [0.1, 0.15) is 6.04 Å². The molecule has 0 radical (unpaired) electrons. The van der Waals surface area contributed by atoms with E-state index in [0.29, 0.717) is 12.6 Å². The second-order valence-corrected chi connectivity index (χ2v) is 5.63. The predicted octanol–water partition coefficient (Wildman–Crippen LogP) is 1.33. The number of halogens is 1. The van der Waals surface area contributed by atoms with E-state index in [-0.39, 0.29) is 31.0 Å². The van der Waals surface area contributed by atoms with Crippen molar-refractivity contribution in [3.05, 3.63) is 0 Å². The fraction of sp³-hybridized carbons (Fsp3) is 0.929. The summed E-state index contributed by atoms with van der Waals surface area (Å²) in [5.74, 6) is 0.0178. The van der Waals surface area contributed by atoms with Crippen molar-refractivity contribution in [1.82, 2.24) is 4.90 Å². The van der Waals surface area contributed by atoms with E-state index in [4.69, 9.17) is 15.2 Å². The van der Waals surface area contributed by atoms with Gasteiger partial charge < -0.3 is 20.1 Å². The molecule has 1 amide bonds. The van der Waals surface area contributed by atoms with Gasteiger partial charge in [0.2, 0.25) is 5.91 Å². The van der Waals surface area contributed by atoms with Crippen molar-refractivity contribution in [2.24, 2.45) is 5.73 Å². The number of carbonyl (C=O) groups excluding carboxylic acids is 1. The normalized spacial score (nSPS) is 24.4. The van der Waals surface area contributed by atoms with E-state index in [9.17, 15) is 4.79 Å². The largest absolute Gasteiger partial charge is 0.383 e. The maximum atomic E-state index is 12.5. The van der Waals surface area contributed by atoms with E-state index in [2.05, 4.69) is 0 Å². The summed E-state index contributed by atoms with van der Waals surface area (Å²) in [6.45, 7) is 1.80. The second kappa shape index (κ2) is 8.82. The van der Waals surface area contributed by atoms with E-state index in [1.807, 2.05) is 4.90 Å². The Kier molecular flexibility index (Phi) is 7.80. The quantitative estimate of drug-likeness (QED) is 0.804. The molecule has 2 unspecified atom stereocenters. The molecule has 0 spiro atoms. The second-order valence-electron chi connectivity index (χ2n) is 5.63. The lowest BCUT2D eigenvalue weighted by Crippen LogP contribution is -2.52. The van der Waals surface area contributed by atoms with Gasteiger partial charge in [0, 0.05) is 26.3 Å². The smallest absolute Gasteiger partial charge is 0.242 e. The van der Waals surface area contributed by atoms with Gasteiger partial charge in [0.05, 0.1) is 12.7 Å². The number of ether oxygens (including phenoxy) is 2. The first kappa shape index (κ1) is 17.7. The monoisotopic (exact) mass is 306 g/mol. The molecule has 1 aliphatic heterocycles. The van der Waals surface area contributed by atoms with Crippen molar-refractivity contribution in [2.45, 2.75) is 56.7 Å². The standard InChI is InChI=1S/C14H26N2O3.ClH/c1-18-10-13(15)14(17)16(11-5-2-3-6-11)9-12-7-4-8-19-12;/h11-13H,2-10,15H2,1H3;1H. The van der Waals surface area contributed by atoms with Crippen LogP contribution in [-0.2, 0) is 14.3 Å². The molecule has 5 nitrogen and oxygen atoms in total. The summed E-state index contributed by atoms with van der Waals surface area (Å²) in [6, 6.07) is -0.202. The maximum absolute atomic E-state index is 12.5. The Bertz CT molecular complexity index is 292. The van der Waals surface area contributed by atoms with Crippen LogP contribution < -0.4 is 5.73 Å². The van der Waals surface area contributed by atoms with Gasteiger partial charge in [-0.2, -0.15) is 0 Å².